The first kappa shape index (κ1) is 28.8. The molecule has 4 aliphatic carbocycles. The lowest BCUT2D eigenvalue weighted by Gasteiger charge is -2.60. The molecule has 5 rings (SSSR count). The maximum Gasteiger partial charge on any atom is 0.267 e. The summed E-state index contributed by atoms with van der Waals surface area (Å²) in [4.78, 5) is 25.2. The zero-order chi connectivity index (χ0) is 28.0. The third kappa shape index (κ3) is 5.72. The summed E-state index contributed by atoms with van der Waals surface area (Å²) in [5.41, 5.74) is 1.31. The molecule has 6 nitrogen and oxygen atoms in total. The minimum atomic E-state index is -4.24. The summed E-state index contributed by atoms with van der Waals surface area (Å²) < 4.78 is 32.7. The predicted molar refractivity (Wildman–Crippen MR) is 152 cm³/mol. The fraction of sp³-hybridized carbons (Fsp3) is 0.750. The summed E-state index contributed by atoms with van der Waals surface area (Å²) in [5, 5.41) is 2.87. The van der Waals surface area contributed by atoms with Crippen molar-refractivity contribution in [1.29, 1.82) is 0 Å². The van der Waals surface area contributed by atoms with E-state index in [2.05, 4.69) is 26.1 Å². The van der Waals surface area contributed by atoms with Crippen LogP contribution in [-0.4, -0.2) is 30.4 Å². The van der Waals surface area contributed by atoms with Crippen LogP contribution in [0.15, 0.2) is 30.3 Å². The third-order valence-corrected chi connectivity index (χ3v) is 12.7. The summed E-state index contributed by atoms with van der Waals surface area (Å²) in [6.45, 7) is 7.33. The van der Waals surface area contributed by atoms with E-state index in [4.69, 9.17) is 0 Å². The molecule has 0 saturated heterocycles. The second kappa shape index (κ2) is 10.9. The number of ketones is 1. The van der Waals surface area contributed by atoms with Gasteiger partial charge in [0.05, 0.1) is 11.8 Å². The minimum Gasteiger partial charge on any atom is -0.348 e. The molecule has 4 aliphatic rings. The van der Waals surface area contributed by atoms with Crippen LogP contribution in [-0.2, 0) is 19.7 Å². The molecule has 0 radical (unpaired) electrons. The topological polar surface area (TPSA) is 101 Å². The van der Waals surface area contributed by atoms with E-state index >= 15 is 0 Å². The van der Waals surface area contributed by atoms with E-state index in [1.165, 1.54) is 38.5 Å². The van der Waals surface area contributed by atoms with Crippen molar-refractivity contribution in [1.82, 2.24) is 5.32 Å². The second-order valence-corrected chi connectivity index (χ2v) is 15.4. The number of benzene rings is 1. The Morgan fingerprint density at radius 1 is 1.03 bits per heavy atom. The zero-order valence-electron chi connectivity index (χ0n) is 23.9. The lowest BCUT2D eigenvalue weighted by molar-refractivity contribution is -0.140. The van der Waals surface area contributed by atoms with Crippen molar-refractivity contribution < 1.29 is 22.6 Å². The smallest absolute Gasteiger partial charge is 0.267 e. The van der Waals surface area contributed by atoms with E-state index in [1.807, 2.05) is 6.07 Å². The highest BCUT2D eigenvalue weighted by Crippen LogP contribution is 2.68. The highest BCUT2D eigenvalue weighted by Gasteiger charge is 2.60. The molecule has 0 heterocycles. The molecule has 1 aromatic carbocycles. The Hall–Kier alpha value is -1.73. The molecule has 4 saturated carbocycles. The van der Waals surface area contributed by atoms with Crippen molar-refractivity contribution in [3.63, 3.8) is 0 Å². The van der Waals surface area contributed by atoms with Gasteiger partial charge in [0.25, 0.3) is 10.1 Å². The molecule has 0 unspecified atom stereocenters. The van der Waals surface area contributed by atoms with Crippen LogP contribution in [0.3, 0.4) is 0 Å². The molecule has 2 N–H and O–H groups in total. The van der Waals surface area contributed by atoms with Gasteiger partial charge in [-0.1, -0.05) is 51.1 Å². The summed E-state index contributed by atoms with van der Waals surface area (Å²) >= 11 is 0. The molecule has 0 bridgehead atoms. The molecule has 9 atom stereocenters. The first-order valence-electron chi connectivity index (χ1n) is 15.2. The van der Waals surface area contributed by atoms with Crippen LogP contribution in [0.1, 0.15) is 103 Å². The van der Waals surface area contributed by atoms with E-state index in [1.54, 1.807) is 24.3 Å². The van der Waals surface area contributed by atoms with Crippen molar-refractivity contribution in [2.75, 3.05) is 5.75 Å². The lowest BCUT2D eigenvalue weighted by Crippen LogP contribution is -2.53. The van der Waals surface area contributed by atoms with Gasteiger partial charge in [0.1, 0.15) is 5.78 Å². The number of carbonyl (C=O) groups is 2. The minimum absolute atomic E-state index is 0.166. The van der Waals surface area contributed by atoms with Crippen molar-refractivity contribution in [3.05, 3.63) is 35.9 Å². The number of fused-ring (bicyclic) bond motifs is 5. The lowest BCUT2D eigenvalue weighted by atomic mass is 9.44. The Balaban J connectivity index is 1.21. The Morgan fingerprint density at radius 3 is 2.46 bits per heavy atom. The molecule has 7 heteroatoms. The van der Waals surface area contributed by atoms with Crippen molar-refractivity contribution in [2.45, 2.75) is 97.4 Å². The summed E-state index contributed by atoms with van der Waals surface area (Å²) in [5.74, 6) is 3.63. The van der Waals surface area contributed by atoms with Gasteiger partial charge in [-0.25, -0.2) is 0 Å². The summed E-state index contributed by atoms with van der Waals surface area (Å²) in [6.07, 6.45) is 11.3. The van der Waals surface area contributed by atoms with Crippen LogP contribution >= 0.6 is 0 Å². The quantitative estimate of drug-likeness (QED) is 0.362. The van der Waals surface area contributed by atoms with E-state index in [-0.39, 0.29) is 5.91 Å². The highest BCUT2D eigenvalue weighted by molar-refractivity contribution is 7.85. The van der Waals surface area contributed by atoms with Crippen molar-refractivity contribution in [2.24, 2.45) is 46.3 Å². The van der Waals surface area contributed by atoms with Crippen LogP contribution in [0.4, 0.5) is 0 Å². The van der Waals surface area contributed by atoms with Crippen LogP contribution in [0.5, 0.6) is 0 Å². The molecular formula is C32H47NO5S. The molecular weight excluding hydrogens is 510 g/mol. The molecule has 0 aromatic heterocycles. The Kier molecular flexibility index (Phi) is 8.06. The van der Waals surface area contributed by atoms with Gasteiger partial charge < -0.3 is 5.32 Å². The average molecular weight is 558 g/mol. The van der Waals surface area contributed by atoms with E-state index < -0.39 is 21.9 Å². The van der Waals surface area contributed by atoms with Gasteiger partial charge in [-0.05, 0) is 103 Å². The largest absolute Gasteiger partial charge is 0.348 e. The molecule has 216 valence electrons. The van der Waals surface area contributed by atoms with Gasteiger partial charge in [-0.3, -0.25) is 14.1 Å². The molecule has 1 aromatic rings. The standard InChI is InChI=1S/C32H47NO5S/c1-21(9-14-30(35)33-29(20-39(36,37)38)22-7-5-4-6-8-22)26-12-13-27-25-11-10-23-19-24(34)15-17-31(23,2)28(25)16-18-32(26,27)3/h4-8,21,23,25-29H,9-20H2,1-3H3,(H,33,35)(H,36,37,38)/t21-,23-,25+,26-,27+,28+,29-,31+,32-/m1/s1. The molecule has 4 fully saturated rings. The van der Waals surface area contributed by atoms with E-state index in [9.17, 15) is 22.6 Å². The van der Waals surface area contributed by atoms with Crippen LogP contribution in [0.25, 0.3) is 0 Å². The number of rotatable bonds is 8. The number of nitrogens with one attached hydrogen (secondary N) is 1. The SMILES string of the molecule is C[C@H](CCC(=O)N[C@H](CS(=O)(=O)O)c1ccccc1)[C@H]1CC[C@H]2[C@@H]3CC[C@@H]4CC(=O)CC[C@]4(C)[C@H]3CC[C@]12C. The maximum absolute atomic E-state index is 13.0. The predicted octanol–water partition coefficient (Wildman–Crippen LogP) is 6.38. The monoisotopic (exact) mass is 557 g/mol. The maximum atomic E-state index is 13.0. The number of Topliss-reactive ketones (excluding diaryl/α,β-unsaturated/α-hetero) is 1. The van der Waals surface area contributed by atoms with E-state index in [0.29, 0.717) is 46.4 Å². The normalized spacial score (nSPS) is 37.7. The number of hydrogen-bond donors (Lipinski definition) is 2. The van der Waals surface area contributed by atoms with Gasteiger partial charge in [0.2, 0.25) is 5.91 Å². The second-order valence-electron chi connectivity index (χ2n) is 13.9. The van der Waals surface area contributed by atoms with Gasteiger partial charge in [-0.15, -0.1) is 0 Å². The van der Waals surface area contributed by atoms with Crippen LogP contribution < -0.4 is 5.32 Å². The van der Waals surface area contributed by atoms with Gasteiger partial charge in [-0.2, -0.15) is 8.42 Å². The fourth-order valence-electron chi connectivity index (χ4n) is 9.96. The Labute approximate surface area is 234 Å². The molecule has 0 aliphatic heterocycles. The summed E-state index contributed by atoms with van der Waals surface area (Å²) in [7, 11) is -4.24. The van der Waals surface area contributed by atoms with Crippen LogP contribution in [0.2, 0.25) is 0 Å². The third-order valence-electron chi connectivity index (χ3n) is 12.0. The Bertz CT molecular complexity index is 1170. The average Bonchev–Trinajstić information content (AvgIpc) is 3.24. The fourth-order valence-corrected chi connectivity index (χ4v) is 10.7. The van der Waals surface area contributed by atoms with Gasteiger partial charge in [0.15, 0.2) is 0 Å². The zero-order valence-corrected chi connectivity index (χ0v) is 24.7. The van der Waals surface area contributed by atoms with E-state index in [0.717, 1.165) is 43.4 Å². The number of hydrogen-bond acceptors (Lipinski definition) is 4. The summed E-state index contributed by atoms with van der Waals surface area (Å²) in [6, 6.07) is 8.21. The van der Waals surface area contributed by atoms with Gasteiger partial charge >= 0.3 is 0 Å². The number of carbonyl (C=O) groups excluding carboxylic acids is 2. The van der Waals surface area contributed by atoms with Gasteiger partial charge in [0, 0.05) is 19.3 Å². The molecule has 39 heavy (non-hydrogen) atoms. The molecule has 1 amide bonds. The molecule has 0 spiro atoms. The number of amides is 1. The highest BCUT2D eigenvalue weighted by atomic mass is 32.2. The van der Waals surface area contributed by atoms with Crippen LogP contribution in [0, 0.1) is 46.3 Å². The Morgan fingerprint density at radius 2 is 1.74 bits per heavy atom. The first-order chi connectivity index (χ1) is 18.4. The first-order valence-corrected chi connectivity index (χ1v) is 16.8. The van der Waals surface area contributed by atoms with Crippen molar-refractivity contribution >= 4 is 21.8 Å². The van der Waals surface area contributed by atoms with Crippen molar-refractivity contribution in [3.8, 4) is 0 Å².